The molecule has 0 saturated carbocycles. The highest BCUT2D eigenvalue weighted by molar-refractivity contribution is 5.24. The van der Waals surface area contributed by atoms with Crippen molar-refractivity contribution in [1.29, 1.82) is 0 Å². The van der Waals surface area contributed by atoms with Crippen LogP contribution in [-0.4, -0.2) is 0 Å². The monoisotopic (exact) mass is 288 g/mol. The molecule has 0 amide bonds. The van der Waals surface area contributed by atoms with Gasteiger partial charge in [0.2, 0.25) is 0 Å². The van der Waals surface area contributed by atoms with E-state index in [0.29, 0.717) is 0 Å². The van der Waals surface area contributed by atoms with Crippen molar-refractivity contribution in [2.24, 2.45) is 17.8 Å². The molecule has 0 aliphatic heterocycles. The van der Waals surface area contributed by atoms with Crippen LogP contribution in [0.5, 0.6) is 0 Å². The molecule has 3 atom stereocenters. The molecule has 120 valence electrons. The van der Waals surface area contributed by atoms with E-state index in [1.807, 2.05) is 0 Å². The lowest BCUT2D eigenvalue weighted by atomic mass is 9.82. The van der Waals surface area contributed by atoms with Gasteiger partial charge in [-0.2, -0.15) is 0 Å². The normalized spacial score (nSPS) is 16.0. The fraction of sp³-hybridized carbons (Fsp3) is 0.714. The Morgan fingerprint density at radius 1 is 0.762 bits per heavy atom. The summed E-state index contributed by atoms with van der Waals surface area (Å²) < 4.78 is 0. The lowest BCUT2D eigenvalue weighted by molar-refractivity contribution is 0.307. The third-order valence-electron chi connectivity index (χ3n) is 5.18. The Balaban J connectivity index is 2.45. The van der Waals surface area contributed by atoms with E-state index < -0.39 is 0 Å². The first-order valence-electron chi connectivity index (χ1n) is 9.00. The highest BCUT2D eigenvalue weighted by atomic mass is 14.2. The number of hydrogen-bond donors (Lipinski definition) is 0. The molecule has 0 bridgehead atoms. The van der Waals surface area contributed by atoms with Crippen molar-refractivity contribution >= 4 is 0 Å². The van der Waals surface area contributed by atoms with Crippen molar-refractivity contribution in [3.63, 3.8) is 0 Å². The minimum atomic E-state index is 0.741. The average molecular weight is 289 g/mol. The van der Waals surface area contributed by atoms with E-state index in [0.717, 1.165) is 23.7 Å². The van der Waals surface area contributed by atoms with Gasteiger partial charge in [0.1, 0.15) is 0 Å². The lowest BCUT2D eigenvalue weighted by Crippen LogP contribution is -2.11. The Morgan fingerprint density at radius 2 is 1.29 bits per heavy atom. The zero-order chi connectivity index (χ0) is 15.8. The summed E-state index contributed by atoms with van der Waals surface area (Å²) in [6.45, 7) is 14.1. The number of aryl methyl sites for hydroxylation is 1. The maximum Gasteiger partial charge on any atom is -0.0164 e. The van der Waals surface area contributed by atoms with Crippen LogP contribution in [0.3, 0.4) is 0 Å². The molecule has 0 aromatic heterocycles. The van der Waals surface area contributed by atoms with Gasteiger partial charge in [-0.25, -0.2) is 0 Å². The van der Waals surface area contributed by atoms with Crippen molar-refractivity contribution in [2.45, 2.75) is 79.6 Å². The summed E-state index contributed by atoms with van der Waals surface area (Å²) in [5, 5.41) is 0. The molecule has 0 aliphatic carbocycles. The van der Waals surface area contributed by atoms with Crippen LogP contribution in [0.15, 0.2) is 24.3 Å². The molecule has 0 nitrogen and oxygen atoms in total. The van der Waals surface area contributed by atoms with Crippen molar-refractivity contribution < 1.29 is 0 Å². The van der Waals surface area contributed by atoms with Crippen molar-refractivity contribution in [1.82, 2.24) is 0 Å². The Kier molecular flexibility index (Phi) is 8.07. The van der Waals surface area contributed by atoms with E-state index in [2.05, 4.69) is 65.8 Å². The SMILES string of the molecule is CCC(CCC(C)C(C)CCC(C)C)c1ccc(C)cc1. The molecule has 1 rings (SSSR count). The highest BCUT2D eigenvalue weighted by Crippen LogP contribution is 2.30. The molecule has 0 saturated heterocycles. The largest absolute Gasteiger partial charge is 0.0648 e. The quantitative estimate of drug-likeness (QED) is 0.460. The van der Waals surface area contributed by atoms with Gasteiger partial charge in [0.15, 0.2) is 0 Å². The van der Waals surface area contributed by atoms with Gasteiger partial charge in [0.05, 0.1) is 0 Å². The predicted molar refractivity (Wildman–Crippen MR) is 95.8 cm³/mol. The fourth-order valence-corrected chi connectivity index (χ4v) is 3.07. The standard InChI is InChI=1S/C21H36/c1-7-20(21-13-9-17(4)10-14-21)15-12-19(6)18(5)11-8-16(2)3/h9-10,13-14,16,18-20H,7-8,11-12,15H2,1-6H3. The summed E-state index contributed by atoms with van der Waals surface area (Å²) in [4.78, 5) is 0. The van der Waals surface area contributed by atoms with Gasteiger partial charge in [0, 0.05) is 0 Å². The maximum absolute atomic E-state index is 2.45. The first-order chi connectivity index (χ1) is 9.93. The second kappa shape index (κ2) is 9.28. The van der Waals surface area contributed by atoms with Gasteiger partial charge in [-0.1, -0.05) is 77.3 Å². The molecule has 1 aromatic carbocycles. The van der Waals surface area contributed by atoms with Crippen LogP contribution in [0, 0.1) is 24.7 Å². The molecule has 0 spiro atoms. The van der Waals surface area contributed by atoms with Crippen LogP contribution < -0.4 is 0 Å². The molecule has 0 heterocycles. The topological polar surface area (TPSA) is 0 Å². The minimum absolute atomic E-state index is 0.741. The zero-order valence-corrected chi connectivity index (χ0v) is 15.2. The van der Waals surface area contributed by atoms with E-state index >= 15 is 0 Å². The summed E-state index contributed by atoms with van der Waals surface area (Å²) >= 11 is 0. The smallest absolute Gasteiger partial charge is 0.0164 e. The van der Waals surface area contributed by atoms with Gasteiger partial charge in [0.25, 0.3) is 0 Å². The second-order valence-corrected chi connectivity index (χ2v) is 7.52. The van der Waals surface area contributed by atoms with Gasteiger partial charge in [-0.3, -0.25) is 0 Å². The van der Waals surface area contributed by atoms with Gasteiger partial charge >= 0.3 is 0 Å². The van der Waals surface area contributed by atoms with Gasteiger partial charge in [-0.05, 0) is 55.4 Å². The molecular formula is C21H36. The van der Waals surface area contributed by atoms with E-state index in [-0.39, 0.29) is 0 Å². The molecule has 0 heteroatoms. The van der Waals surface area contributed by atoms with Crippen molar-refractivity contribution in [3.8, 4) is 0 Å². The maximum atomic E-state index is 2.45. The lowest BCUT2D eigenvalue weighted by Gasteiger charge is -2.23. The second-order valence-electron chi connectivity index (χ2n) is 7.52. The zero-order valence-electron chi connectivity index (χ0n) is 15.2. The number of hydrogen-bond acceptors (Lipinski definition) is 0. The van der Waals surface area contributed by atoms with Crippen molar-refractivity contribution in [2.75, 3.05) is 0 Å². The Hall–Kier alpha value is -0.780. The molecule has 0 aliphatic rings. The van der Waals surface area contributed by atoms with E-state index in [4.69, 9.17) is 0 Å². The van der Waals surface area contributed by atoms with Crippen LogP contribution in [0.4, 0.5) is 0 Å². The minimum Gasteiger partial charge on any atom is -0.0648 e. The van der Waals surface area contributed by atoms with Crippen LogP contribution >= 0.6 is 0 Å². The summed E-state index contributed by atoms with van der Waals surface area (Å²) in [5.41, 5.74) is 2.90. The first-order valence-corrected chi connectivity index (χ1v) is 9.00. The van der Waals surface area contributed by atoms with Crippen LogP contribution in [0.1, 0.15) is 83.8 Å². The predicted octanol–water partition coefficient (Wildman–Crippen LogP) is 6.98. The van der Waals surface area contributed by atoms with Gasteiger partial charge < -0.3 is 0 Å². The molecular weight excluding hydrogens is 252 g/mol. The van der Waals surface area contributed by atoms with Gasteiger partial charge in [-0.15, -0.1) is 0 Å². The molecule has 21 heavy (non-hydrogen) atoms. The summed E-state index contributed by atoms with van der Waals surface area (Å²) in [7, 11) is 0. The molecule has 0 N–H and O–H groups in total. The summed E-state index contributed by atoms with van der Waals surface area (Å²) in [6, 6.07) is 9.17. The number of benzene rings is 1. The third-order valence-corrected chi connectivity index (χ3v) is 5.18. The Morgan fingerprint density at radius 3 is 1.76 bits per heavy atom. The van der Waals surface area contributed by atoms with E-state index in [1.54, 1.807) is 0 Å². The molecule has 0 radical (unpaired) electrons. The first kappa shape index (κ1) is 18.3. The summed E-state index contributed by atoms with van der Waals surface area (Å²) in [6.07, 6.45) is 6.73. The van der Waals surface area contributed by atoms with E-state index in [1.165, 1.54) is 43.2 Å². The van der Waals surface area contributed by atoms with Crippen LogP contribution in [-0.2, 0) is 0 Å². The summed E-state index contributed by atoms with van der Waals surface area (Å²) in [5.74, 6) is 3.30. The van der Waals surface area contributed by atoms with Crippen LogP contribution in [0.25, 0.3) is 0 Å². The fourth-order valence-electron chi connectivity index (χ4n) is 3.07. The molecule has 0 fully saturated rings. The Labute approximate surface area is 133 Å². The molecule has 1 aromatic rings. The van der Waals surface area contributed by atoms with Crippen LogP contribution in [0.2, 0.25) is 0 Å². The van der Waals surface area contributed by atoms with Crippen molar-refractivity contribution in [3.05, 3.63) is 35.4 Å². The molecule has 3 unspecified atom stereocenters. The van der Waals surface area contributed by atoms with E-state index in [9.17, 15) is 0 Å². The Bertz CT molecular complexity index is 374. The third kappa shape index (κ3) is 6.68. The number of rotatable bonds is 9. The highest BCUT2D eigenvalue weighted by Gasteiger charge is 2.16. The average Bonchev–Trinajstić information content (AvgIpc) is 2.46.